The van der Waals surface area contributed by atoms with E-state index in [0.717, 1.165) is 36.3 Å². The summed E-state index contributed by atoms with van der Waals surface area (Å²) in [5.74, 6) is -0.357. The van der Waals surface area contributed by atoms with Gasteiger partial charge in [-0.1, -0.05) is 0 Å². The molecule has 0 saturated heterocycles. The zero-order chi connectivity index (χ0) is 16.4. The highest BCUT2D eigenvalue weighted by Crippen LogP contribution is 2.28. The van der Waals surface area contributed by atoms with Crippen molar-refractivity contribution in [2.24, 2.45) is 5.73 Å². The van der Waals surface area contributed by atoms with Crippen molar-refractivity contribution in [1.29, 1.82) is 0 Å². The van der Waals surface area contributed by atoms with E-state index in [1.807, 2.05) is 6.92 Å². The van der Waals surface area contributed by atoms with Gasteiger partial charge in [-0.2, -0.15) is 0 Å². The number of nitrogens with one attached hydrogen (secondary N) is 1. The van der Waals surface area contributed by atoms with E-state index in [4.69, 9.17) is 5.73 Å². The highest BCUT2D eigenvalue weighted by atomic mass is 32.1. The van der Waals surface area contributed by atoms with Gasteiger partial charge in [-0.25, -0.2) is 9.37 Å². The van der Waals surface area contributed by atoms with Gasteiger partial charge in [-0.05, 0) is 56.9 Å². The molecule has 1 amide bonds. The van der Waals surface area contributed by atoms with Gasteiger partial charge in [0.2, 0.25) is 0 Å². The predicted octanol–water partition coefficient (Wildman–Crippen LogP) is 3.26. The van der Waals surface area contributed by atoms with E-state index in [0.29, 0.717) is 10.6 Å². The predicted molar refractivity (Wildman–Crippen MR) is 89.9 cm³/mol. The van der Waals surface area contributed by atoms with Gasteiger partial charge in [0.25, 0.3) is 5.91 Å². The molecule has 0 atom stereocenters. The van der Waals surface area contributed by atoms with Crippen LogP contribution in [0.2, 0.25) is 0 Å². The van der Waals surface area contributed by atoms with Gasteiger partial charge >= 0.3 is 0 Å². The zero-order valence-corrected chi connectivity index (χ0v) is 13.8. The van der Waals surface area contributed by atoms with Gasteiger partial charge in [-0.15, -0.1) is 11.3 Å². The van der Waals surface area contributed by atoms with Crippen LogP contribution in [0.1, 0.15) is 41.0 Å². The maximum atomic E-state index is 13.0. The Hall–Kier alpha value is -1.79. The minimum Gasteiger partial charge on any atom is -0.349 e. The van der Waals surface area contributed by atoms with Crippen molar-refractivity contribution in [3.05, 3.63) is 40.7 Å². The molecular formula is C17H20FN3OS. The Morgan fingerprint density at radius 1 is 1.26 bits per heavy atom. The number of hydrogen-bond donors (Lipinski definition) is 2. The standard InChI is InChI=1S/C17H20FN3OS/c1-10-15(16(22)21-14-8-6-13(19)7-9-14)23-17(20-10)11-2-4-12(18)5-3-11/h2-5,13-14H,6-9,19H2,1H3,(H,21,22). The van der Waals surface area contributed by atoms with Crippen LogP contribution in [0.5, 0.6) is 0 Å². The van der Waals surface area contributed by atoms with Crippen LogP contribution in [0.4, 0.5) is 4.39 Å². The third-order valence-electron chi connectivity index (χ3n) is 4.20. The summed E-state index contributed by atoms with van der Waals surface area (Å²) in [5, 5.41) is 3.82. The zero-order valence-electron chi connectivity index (χ0n) is 13.0. The fourth-order valence-electron chi connectivity index (χ4n) is 2.84. The summed E-state index contributed by atoms with van der Waals surface area (Å²) in [6.07, 6.45) is 3.76. The van der Waals surface area contributed by atoms with Crippen molar-refractivity contribution in [1.82, 2.24) is 10.3 Å². The topological polar surface area (TPSA) is 68.0 Å². The molecule has 0 spiro atoms. The summed E-state index contributed by atoms with van der Waals surface area (Å²) in [6.45, 7) is 1.83. The lowest BCUT2D eigenvalue weighted by atomic mass is 9.92. The minimum absolute atomic E-state index is 0.0752. The lowest BCUT2D eigenvalue weighted by Gasteiger charge is -2.26. The second-order valence-corrected chi connectivity index (χ2v) is 7.02. The Labute approximate surface area is 138 Å². The van der Waals surface area contributed by atoms with E-state index in [-0.39, 0.29) is 23.8 Å². The molecule has 23 heavy (non-hydrogen) atoms. The Morgan fingerprint density at radius 2 is 1.91 bits per heavy atom. The molecule has 1 fully saturated rings. The molecule has 0 aliphatic heterocycles. The van der Waals surface area contributed by atoms with E-state index in [1.54, 1.807) is 12.1 Å². The minimum atomic E-state index is -0.282. The number of nitrogens with zero attached hydrogens (tertiary/aromatic N) is 1. The van der Waals surface area contributed by atoms with Gasteiger partial charge in [0.15, 0.2) is 0 Å². The number of carbonyl (C=O) groups is 1. The lowest BCUT2D eigenvalue weighted by Crippen LogP contribution is -2.40. The Morgan fingerprint density at radius 3 is 2.57 bits per heavy atom. The van der Waals surface area contributed by atoms with Crippen molar-refractivity contribution in [2.45, 2.75) is 44.7 Å². The van der Waals surface area contributed by atoms with Crippen molar-refractivity contribution >= 4 is 17.2 Å². The molecule has 1 aromatic carbocycles. The average molecular weight is 333 g/mol. The number of amides is 1. The lowest BCUT2D eigenvalue weighted by molar-refractivity contribution is 0.0929. The molecule has 1 aromatic heterocycles. The van der Waals surface area contributed by atoms with Crippen LogP contribution in [0.3, 0.4) is 0 Å². The summed E-state index contributed by atoms with van der Waals surface area (Å²) >= 11 is 1.35. The number of nitrogens with two attached hydrogens (primary N) is 1. The van der Waals surface area contributed by atoms with Gasteiger partial charge < -0.3 is 11.1 Å². The molecule has 3 N–H and O–H groups in total. The normalized spacial score (nSPS) is 21.2. The van der Waals surface area contributed by atoms with Crippen LogP contribution in [-0.4, -0.2) is 23.0 Å². The molecule has 0 radical (unpaired) electrons. The number of aryl methyl sites for hydroxylation is 1. The molecule has 122 valence electrons. The van der Waals surface area contributed by atoms with Crippen molar-refractivity contribution < 1.29 is 9.18 Å². The average Bonchev–Trinajstić information content (AvgIpc) is 2.92. The Balaban J connectivity index is 1.72. The number of carbonyl (C=O) groups excluding carboxylic acids is 1. The van der Waals surface area contributed by atoms with E-state index in [9.17, 15) is 9.18 Å². The van der Waals surface area contributed by atoms with Crippen LogP contribution < -0.4 is 11.1 Å². The fraction of sp³-hybridized carbons (Fsp3) is 0.412. The molecule has 1 aliphatic carbocycles. The van der Waals surface area contributed by atoms with Crippen LogP contribution in [0.25, 0.3) is 10.6 Å². The summed E-state index contributed by atoms with van der Waals surface area (Å²) in [5.41, 5.74) is 7.42. The van der Waals surface area contributed by atoms with E-state index in [2.05, 4.69) is 10.3 Å². The summed E-state index contributed by atoms with van der Waals surface area (Å²) in [7, 11) is 0. The number of aromatic nitrogens is 1. The first-order chi connectivity index (χ1) is 11.0. The van der Waals surface area contributed by atoms with Crippen LogP contribution >= 0.6 is 11.3 Å². The summed E-state index contributed by atoms with van der Waals surface area (Å²) < 4.78 is 13.0. The van der Waals surface area contributed by atoms with Gasteiger partial charge in [0.05, 0.1) is 5.69 Å². The maximum Gasteiger partial charge on any atom is 0.263 e. The monoisotopic (exact) mass is 333 g/mol. The third kappa shape index (κ3) is 3.76. The number of hydrogen-bond acceptors (Lipinski definition) is 4. The van der Waals surface area contributed by atoms with E-state index >= 15 is 0 Å². The van der Waals surface area contributed by atoms with Gasteiger partial charge in [0, 0.05) is 17.6 Å². The number of halogens is 1. The van der Waals surface area contributed by atoms with Crippen LogP contribution in [0, 0.1) is 12.7 Å². The molecule has 0 bridgehead atoms. The summed E-state index contributed by atoms with van der Waals surface area (Å²) in [4.78, 5) is 17.6. The largest absolute Gasteiger partial charge is 0.349 e. The molecule has 4 nitrogen and oxygen atoms in total. The first-order valence-corrected chi connectivity index (χ1v) is 8.64. The number of thiazole rings is 1. The highest BCUT2D eigenvalue weighted by Gasteiger charge is 2.23. The third-order valence-corrected chi connectivity index (χ3v) is 5.41. The smallest absolute Gasteiger partial charge is 0.263 e. The van der Waals surface area contributed by atoms with Gasteiger partial charge in [0.1, 0.15) is 15.7 Å². The van der Waals surface area contributed by atoms with Gasteiger partial charge in [-0.3, -0.25) is 4.79 Å². The Kier molecular flexibility index (Phi) is 4.73. The maximum absolute atomic E-state index is 13.0. The van der Waals surface area contributed by atoms with E-state index in [1.165, 1.54) is 23.5 Å². The fourth-order valence-corrected chi connectivity index (χ4v) is 3.81. The number of benzene rings is 1. The van der Waals surface area contributed by atoms with Crippen LogP contribution in [0.15, 0.2) is 24.3 Å². The molecule has 0 unspecified atom stereocenters. The molecule has 1 saturated carbocycles. The highest BCUT2D eigenvalue weighted by molar-refractivity contribution is 7.17. The Bertz CT molecular complexity index is 690. The van der Waals surface area contributed by atoms with Crippen LogP contribution in [-0.2, 0) is 0 Å². The SMILES string of the molecule is Cc1nc(-c2ccc(F)cc2)sc1C(=O)NC1CCC(N)CC1. The molecule has 3 rings (SSSR count). The molecular weight excluding hydrogens is 313 g/mol. The molecule has 6 heteroatoms. The molecule has 1 aliphatic rings. The molecule has 1 heterocycles. The van der Waals surface area contributed by atoms with Crippen molar-refractivity contribution in [3.63, 3.8) is 0 Å². The number of rotatable bonds is 3. The first-order valence-electron chi connectivity index (χ1n) is 7.82. The second-order valence-electron chi connectivity index (χ2n) is 6.03. The molecule has 2 aromatic rings. The first kappa shape index (κ1) is 16.1. The van der Waals surface area contributed by atoms with Crippen molar-refractivity contribution in [2.75, 3.05) is 0 Å². The second kappa shape index (κ2) is 6.76. The van der Waals surface area contributed by atoms with E-state index < -0.39 is 0 Å². The summed E-state index contributed by atoms with van der Waals surface area (Å²) in [6, 6.07) is 6.61. The van der Waals surface area contributed by atoms with Crippen molar-refractivity contribution in [3.8, 4) is 10.6 Å². The quantitative estimate of drug-likeness (QED) is 0.906.